The van der Waals surface area contributed by atoms with Gasteiger partial charge in [-0.3, -0.25) is 14.4 Å². The minimum atomic E-state index is -0.781. The zero-order valence-corrected chi connectivity index (χ0v) is 48.8. The Balaban J connectivity index is 4.30. The molecule has 0 aliphatic heterocycles. The van der Waals surface area contributed by atoms with Crippen LogP contribution in [0.1, 0.15) is 310 Å². The van der Waals surface area contributed by atoms with Crippen LogP contribution in [0.15, 0.2) is 85.1 Å². The van der Waals surface area contributed by atoms with E-state index >= 15 is 0 Å². The average Bonchev–Trinajstić information content (AvgIpc) is 3.40. The van der Waals surface area contributed by atoms with Crippen LogP contribution >= 0.6 is 0 Å². The highest BCUT2D eigenvalue weighted by atomic mass is 16.6. The van der Waals surface area contributed by atoms with Crippen LogP contribution in [0.4, 0.5) is 0 Å². The predicted molar refractivity (Wildman–Crippen MR) is 321 cm³/mol. The van der Waals surface area contributed by atoms with Gasteiger partial charge in [0.25, 0.3) is 0 Å². The first-order chi connectivity index (χ1) is 36.5. The summed E-state index contributed by atoms with van der Waals surface area (Å²) in [7, 11) is 0. The SMILES string of the molecule is CC/C=C\C/C=C\C/C=C\C/C=C\C/C=C\C/C=C\CCCCCCCCCCC(=O)OCC(COC(=O)CCCCCCCCCCCCCC)OC(=O)CCCCCCCCC/C=C\CCCCCCCC. The van der Waals surface area contributed by atoms with Crippen LogP contribution in [-0.2, 0) is 28.6 Å². The summed E-state index contributed by atoms with van der Waals surface area (Å²) in [5.74, 6) is -0.879. The molecule has 0 aliphatic carbocycles. The second-order valence-corrected chi connectivity index (χ2v) is 20.9. The molecule has 6 nitrogen and oxygen atoms in total. The smallest absolute Gasteiger partial charge is 0.306 e. The summed E-state index contributed by atoms with van der Waals surface area (Å²) in [6.45, 7) is 6.54. The third kappa shape index (κ3) is 59.5. The Labute approximate surface area is 458 Å². The van der Waals surface area contributed by atoms with E-state index in [2.05, 4.69) is 106 Å². The van der Waals surface area contributed by atoms with Crippen molar-refractivity contribution in [3.63, 3.8) is 0 Å². The number of unbranched alkanes of at least 4 members (excludes halogenated alkanes) is 32. The first kappa shape index (κ1) is 70.6. The average molecular weight is 1030 g/mol. The van der Waals surface area contributed by atoms with Crippen molar-refractivity contribution in [3.05, 3.63) is 85.1 Å². The Bertz CT molecular complexity index is 1420. The summed E-state index contributed by atoms with van der Waals surface area (Å²) < 4.78 is 16.9. The van der Waals surface area contributed by atoms with E-state index < -0.39 is 6.10 Å². The van der Waals surface area contributed by atoms with Crippen LogP contribution in [0.5, 0.6) is 0 Å². The third-order valence-corrected chi connectivity index (χ3v) is 13.6. The molecule has 0 aromatic rings. The van der Waals surface area contributed by atoms with Crippen molar-refractivity contribution in [2.24, 2.45) is 0 Å². The standard InChI is InChI=1S/C68H118O6/c1-4-7-10-13-16-19-22-25-27-29-30-31-32-33-34-35-36-37-38-40-41-43-46-49-52-55-58-61-67(70)73-64-65(63-72-66(69)60-57-54-51-48-45-24-21-18-15-12-9-6-3)74-68(71)62-59-56-53-50-47-44-42-39-28-26-23-20-17-14-11-8-5-2/h7,10,16,19,25-28,30-31,33-34,36-37,65H,4-6,8-9,11-15,17-18,20-24,29,32,35,38-64H2,1-3H3/b10-7-,19-16-,27-25-,28-26-,31-30-,34-33-,37-36-. The van der Waals surface area contributed by atoms with Crippen LogP contribution < -0.4 is 0 Å². The summed E-state index contributed by atoms with van der Waals surface area (Å²) in [6.07, 6.45) is 81.5. The van der Waals surface area contributed by atoms with E-state index in [1.54, 1.807) is 0 Å². The molecule has 0 aromatic heterocycles. The van der Waals surface area contributed by atoms with Gasteiger partial charge < -0.3 is 14.2 Å². The first-order valence-corrected chi connectivity index (χ1v) is 31.6. The molecule has 0 amide bonds. The molecule has 1 unspecified atom stereocenters. The number of rotatable bonds is 57. The maximum Gasteiger partial charge on any atom is 0.306 e. The Morgan fingerprint density at radius 1 is 0.284 bits per heavy atom. The van der Waals surface area contributed by atoms with E-state index in [0.717, 1.165) is 103 Å². The lowest BCUT2D eigenvalue weighted by Crippen LogP contribution is -2.30. The van der Waals surface area contributed by atoms with Crippen molar-refractivity contribution in [2.75, 3.05) is 13.2 Å². The molecule has 426 valence electrons. The molecule has 0 rings (SSSR count). The molecule has 0 spiro atoms. The van der Waals surface area contributed by atoms with Crippen LogP contribution in [-0.4, -0.2) is 37.2 Å². The molecule has 0 aliphatic rings. The highest BCUT2D eigenvalue weighted by molar-refractivity contribution is 5.71. The van der Waals surface area contributed by atoms with Crippen molar-refractivity contribution in [1.29, 1.82) is 0 Å². The number of hydrogen-bond donors (Lipinski definition) is 0. The molecule has 0 bridgehead atoms. The van der Waals surface area contributed by atoms with E-state index in [-0.39, 0.29) is 31.1 Å². The quantitative estimate of drug-likeness (QED) is 0.0261. The van der Waals surface area contributed by atoms with Gasteiger partial charge in [-0.2, -0.15) is 0 Å². The highest BCUT2D eigenvalue weighted by Gasteiger charge is 2.19. The summed E-state index contributed by atoms with van der Waals surface area (Å²) in [5.41, 5.74) is 0. The van der Waals surface area contributed by atoms with Crippen molar-refractivity contribution in [1.82, 2.24) is 0 Å². The number of carbonyl (C=O) groups is 3. The van der Waals surface area contributed by atoms with Gasteiger partial charge in [0.05, 0.1) is 0 Å². The van der Waals surface area contributed by atoms with Gasteiger partial charge in [-0.05, 0) is 96.3 Å². The fraction of sp³-hybridized carbons (Fsp3) is 0.750. The van der Waals surface area contributed by atoms with Crippen LogP contribution in [0, 0.1) is 0 Å². The van der Waals surface area contributed by atoms with Gasteiger partial charge in [0.1, 0.15) is 13.2 Å². The molecule has 0 saturated heterocycles. The molecule has 74 heavy (non-hydrogen) atoms. The van der Waals surface area contributed by atoms with Crippen molar-refractivity contribution < 1.29 is 28.6 Å². The maximum atomic E-state index is 12.9. The summed E-state index contributed by atoms with van der Waals surface area (Å²) in [6, 6.07) is 0. The highest BCUT2D eigenvalue weighted by Crippen LogP contribution is 2.16. The van der Waals surface area contributed by atoms with Crippen LogP contribution in [0.3, 0.4) is 0 Å². The Morgan fingerprint density at radius 2 is 0.527 bits per heavy atom. The summed E-state index contributed by atoms with van der Waals surface area (Å²) >= 11 is 0. The molecule has 0 N–H and O–H groups in total. The van der Waals surface area contributed by atoms with Crippen molar-refractivity contribution in [3.8, 4) is 0 Å². The van der Waals surface area contributed by atoms with Gasteiger partial charge in [-0.15, -0.1) is 0 Å². The molecular weight excluding hydrogens is 913 g/mol. The van der Waals surface area contributed by atoms with Crippen LogP contribution in [0.25, 0.3) is 0 Å². The van der Waals surface area contributed by atoms with Gasteiger partial charge in [0.15, 0.2) is 6.10 Å². The lowest BCUT2D eigenvalue weighted by atomic mass is 10.0. The lowest BCUT2D eigenvalue weighted by Gasteiger charge is -2.18. The minimum Gasteiger partial charge on any atom is -0.462 e. The normalized spacial score (nSPS) is 12.6. The lowest BCUT2D eigenvalue weighted by molar-refractivity contribution is -0.167. The molecule has 1 atom stereocenters. The number of hydrogen-bond acceptors (Lipinski definition) is 6. The summed E-state index contributed by atoms with van der Waals surface area (Å²) in [4.78, 5) is 38.2. The Morgan fingerprint density at radius 3 is 0.838 bits per heavy atom. The predicted octanol–water partition coefficient (Wildman–Crippen LogP) is 21.5. The molecule has 0 fully saturated rings. The topological polar surface area (TPSA) is 78.9 Å². The van der Waals surface area contributed by atoms with Gasteiger partial charge in [-0.25, -0.2) is 0 Å². The number of ether oxygens (including phenoxy) is 3. The zero-order valence-electron chi connectivity index (χ0n) is 48.8. The minimum absolute atomic E-state index is 0.0776. The second kappa shape index (κ2) is 62.1. The third-order valence-electron chi connectivity index (χ3n) is 13.6. The monoisotopic (exact) mass is 1030 g/mol. The van der Waals surface area contributed by atoms with Gasteiger partial charge in [0.2, 0.25) is 0 Å². The largest absolute Gasteiger partial charge is 0.462 e. The van der Waals surface area contributed by atoms with Crippen molar-refractivity contribution in [2.45, 2.75) is 316 Å². The van der Waals surface area contributed by atoms with Gasteiger partial charge in [-0.1, -0.05) is 279 Å². The fourth-order valence-electron chi connectivity index (χ4n) is 8.91. The van der Waals surface area contributed by atoms with E-state index in [0.29, 0.717) is 19.3 Å². The molecule has 6 heteroatoms. The maximum absolute atomic E-state index is 12.9. The molecule has 0 aromatic carbocycles. The van der Waals surface area contributed by atoms with Crippen LogP contribution in [0.2, 0.25) is 0 Å². The number of allylic oxidation sites excluding steroid dienone is 14. The Kier molecular flexibility index (Phi) is 59.3. The first-order valence-electron chi connectivity index (χ1n) is 31.6. The molecule has 0 heterocycles. The zero-order chi connectivity index (χ0) is 53.6. The summed E-state index contributed by atoms with van der Waals surface area (Å²) in [5, 5.41) is 0. The molecule has 0 saturated carbocycles. The van der Waals surface area contributed by atoms with E-state index in [4.69, 9.17) is 14.2 Å². The van der Waals surface area contributed by atoms with E-state index in [1.807, 2.05) is 0 Å². The van der Waals surface area contributed by atoms with E-state index in [1.165, 1.54) is 167 Å². The van der Waals surface area contributed by atoms with Crippen molar-refractivity contribution >= 4 is 17.9 Å². The van der Waals surface area contributed by atoms with E-state index in [9.17, 15) is 14.4 Å². The molecular formula is C68H118O6. The Hall–Kier alpha value is -3.41. The number of carbonyl (C=O) groups excluding carboxylic acids is 3. The molecule has 0 radical (unpaired) electrons. The van der Waals surface area contributed by atoms with Gasteiger partial charge in [0, 0.05) is 19.3 Å². The van der Waals surface area contributed by atoms with Gasteiger partial charge >= 0.3 is 17.9 Å². The second-order valence-electron chi connectivity index (χ2n) is 20.9. The fourth-order valence-corrected chi connectivity index (χ4v) is 8.91. The number of esters is 3.